The van der Waals surface area contributed by atoms with Crippen molar-refractivity contribution in [3.8, 4) is 17.2 Å². The van der Waals surface area contributed by atoms with Gasteiger partial charge in [-0.05, 0) is 31.2 Å². The summed E-state index contributed by atoms with van der Waals surface area (Å²) in [5.41, 5.74) is 2.18. The van der Waals surface area contributed by atoms with Crippen LogP contribution in [0.3, 0.4) is 0 Å². The van der Waals surface area contributed by atoms with E-state index in [0.717, 1.165) is 5.56 Å². The number of methoxy groups -OCH3 is 2. The molecule has 126 valence electrons. The first-order valence-electron chi connectivity index (χ1n) is 7.28. The number of aryl methyl sites for hydroxylation is 1. The smallest absolute Gasteiger partial charge is 0.262 e. The third-order valence-electron chi connectivity index (χ3n) is 3.30. The summed E-state index contributed by atoms with van der Waals surface area (Å²) >= 11 is 0. The average molecular weight is 329 g/mol. The Morgan fingerprint density at radius 2 is 1.67 bits per heavy atom. The minimum atomic E-state index is -0.317. The zero-order chi connectivity index (χ0) is 17.5. The van der Waals surface area contributed by atoms with Crippen LogP contribution < -0.4 is 19.5 Å². The Kier molecular flexibility index (Phi) is 5.78. The van der Waals surface area contributed by atoms with Gasteiger partial charge < -0.3 is 19.5 Å². The van der Waals surface area contributed by atoms with Gasteiger partial charge in [0.2, 0.25) is 5.75 Å². The van der Waals surface area contributed by atoms with Crippen molar-refractivity contribution in [3.05, 3.63) is 47.5 Å². The second-order valence-corrected chi connectivity index (χ2v) is 5.08. The molecule has 6 nitrogen and oxygen atoms in total. The van der Waals surface area contributed by atoms with Crippen LogP contribution in [0.2, 0.25) is 0 Å². The summed E-state index contributed by atoms with van der Waals surface area (Å²) in [5, 5.41) is 2.74. The lowest BCUT2D eigenvalue weighted by atomic mass is 10.2. The van der Waals surface area contributed by atoms with Crippen LogP contribution in [0.5, 0.6) is 17.2 Å². The van der Waals surface area contributed by atoms with Crippen molar-refractivity contribution < 1.29 is 23.8 Å². The summed E-state index contributed by atoms with van der Waals surface area (Å²) in [6.45, 7) is 1.75. The molecule has 0 radical (unpaired) electrons. The third-order valence-corrected chi connectivity index (χ3v) is 3.30. The molecule has 0 aliphatic heterocycles. The van der Waals surface area contributed by atoms with E-state index in [4.69, 9.17) is 14.2 Å². The van der Waals surface area contributed by atoms with Gasteiger partial charge in [0.1, 0.15) is 6.29 Å². The maximum absolute atomic E-state index is 12.0. The fourth-order valence-electron chi connectivity index (χ4n) is 2.08. The molecule has 0 aliphatic carbocycles. The van der Waals surface area contributed by atoms with Gasteiger partial charge in [0.05, 0.1) is 14.2 Å². The first-order valence-corrected chi connectivity index (χ1v) is 7.28. The zero-order valence-electron chi connectivity index (χ0n) is 13.8. The number of ether oxygens (including phenoxy) is 3. The Morgan fingerprint density at radius 1 is 1.08 bits per heavy atom. The van der Waals surface area contributed by atoms with E-state index in [1.807, 2.05) is 31.2 Å². The number of nitrogens with one attached hydrogen (secondary N) is 1. The average Bonchev–Trinajstić information content (AvgIpc) is 2.61. The molecule has 0 aliphatic rings. The highest BCUT2D eigenvalue weighted by atomic mass is 16.5. The van der Waals surface area contributed by atoms with Crippen molar-refractivity contribution in [2.45, 2.75) is 6.92 Å². The number of rotatable bonds is 7. The van der Waals surface area contributed by atoms with E-state index in [1.54, 1.807) is 0 Å². The molecule has 2 aromatic carbocycles. The van der Waals surface area contributed by atoms with Crippen molar-refractivity contribution in [1.82, 2.24) is 0 Å². The van der Waals surface area contributed by atoms with Gasteiger partial charge in [0, 0.05) is 11.3 Å². The molecule has 0 spiro atoms. The first-order chi connectivity index (χ1) is 11.6. The van der Waals surface area contributed by atoms with Gasteiger partial charge in [-0.3, -0.25) is 9.59 Å². The minimum absolute atomic E-state index is 0.221. The molecular weight excluding hydrogens is 310 g/mol. The van der Waals surface area contributed by atoms with E-state index in [0.29, 0.717) is 29.0 Å². The van der Waals surface area contributed by atoms with Crippen molar-refractivity contribution in [1.29, 1.82) is 0 Å². The highest BCUT2D eigenvalue weighted by molar-refractivity contribution is 5.92. The predicted octanol–water partition coefficient (Wildman–Crippen LogP) is 2.84. The molecule has 0 unspecified atom stereocenters. The molecule has 0 saturated heterocycles. The molecule has 2 rings (SSSR count). The standard InChI is InChI=1S/C18H19NO5/c1-12-4-6-14(7-5-12)19-17(21)11-24-18-15(22-2)8-13(10-20)9-16(18)23-3/h4-10H,11H2,1-3H3,(H,19,21). The summed E-state index contributed by atoms with van der Waals surface area (Å²) in [4.78, 5) is 23.0. The van der Waals surface area contributed by atoms with Gasteiger partial charge >= 0.3 is 0 Å². The summed E-state index contributed by atoms with van der Waals surface area (Å²) in [7, 11) is 2.89. The number of amides is 1. The van der Waals surface area contributed by atoms with Crippen LogP contribution >= 0.6 is 0 Å². The fourth-order valence-corrected chi connectivity index (χ4v) is 2.08. The Hall–Kier alpha value is -3.02. The predicted molar refractivity (Wildman–Crippen MR) is 90.2 cm³/mol. The maximum atomic E-state index is 12.0. The molecule has 0 fully saturated rings. The Labute approximate surface area is 140 Å². The van der Waals surface area contributed by atoms with E-state index in [-0.39, 0.29) is 18.3 Å². The molecule has 1 N–H and O–H groups in total. The van der Waals surface area contributed by atoms with Gasteiger partial charge in [-0.2, -0.15) is 0 Å². The number of carbonyl (C=O) groups excluding carboxylic acids is 2. The maximum Gasteiger partial charge on any atom is 0.262 e. The third kappa shape index (κ3) is 4.25. The van der Waals surface area contributed by atoms with Crippen LogP contribution in [-0.2, 0) is 4.79 Å². The summed E-state index contributed by atoms with van der Waals surface area (Å²) in [6.07, 6.45) is 0.679. The van der Waals surface area contributed by atoms with Crippen LogP contribution in [-0.4, -0.2) is 33.0 Å². The fraction of sp³-hybridized carbons (Fsp3) is 0.222. The molecule has 24 heavy (non-hydrogen) atoms. The number of anilines is 1. The van der Waals surface area contributed by atoms with E-state index in [9.17, 15) is 9.59 Å². The second kappa shape index (κ2) is 8.01. The van der Waals surface area contributed by atoms with Gasteiger partial charge in [-0.1, -0.05) is 17.7 Å². The zero-order valence-corrected chi connectivity index (χ0v) is 13.8. The summed E-state index contributed by atoms with van der Waals surface area (Å²) in [6, 6.07) is 10.5. The molecule has 6 heteroatoms. The lowest BCUT2D eigenvalue weighted by molar-refractivity contribution is -0.118. The second-order valence-electron chi connectivity index (χ2n) is 5.08. The van der Waals surface area contributed by atoms with Gasteiger partial charge in [-0.15, -0.1) is 0 Å². The number of carbonyl (C=O) groups is 2. The lowest BCUT2D eigenvalue weighted by Crippen LogP contribution is -2.20. The first kappa shape index (κ1) is 17.3. The molecule has 1 amide bonds. The number of aldehydes is 1. The van der Waals surface area contributed by atoms with Gasteiger partial charge in [0.25, 0.3) is 5.91 Å². The lowest BCUT2D eigenvalue weighted by Gasteiger charge is -2.15. The minimum Gasteiger partial charge on any atom is -0.493 e. The molecule has 0 heterocycles. The van der Waals surface area contributed by atoms with E-state index in [1.165, 1.54) is 26.4 Å². The van der Waals surface area contributed by atoms with E-state index in [2.05, 4.69) is 5.32 Å². The van der Waals surface area contributed by atoms with Crippen LogP contribution in [0.1, 0.15) is 15.9 Å². The highest BCUT2D eigenvalue weighted by Crippen LogP contribution is 2.38. The topological polar surface area (TPSA) is 73.9 Å². The Balaban J connectivity index is 2.08. The molecule has 0 saturated carbocycles. The summed E-state index contributed by atoms with van der Waals surface area (Å²) < 4.78 is 15.9. The molecular formula is C18H19NO5. The summed E-state index contributed by atoms with van der Waals surface area (Å²) in [5.74, 6) is 0.589. The van der Waals surface area contributed by atoms with Crippen LogP contribution in [0.4, 0.5) is 5.69 Å². The molecule has 0 aromatic heterocycles. The number of hydrogen-bond donors (Lipinski definition) is 1. The van der Waals surface area contributed by atoms with Crippen molar-refractivity contribution in [2.24, 2.45) is 0 Å². The Morgan fingerprint density at radius 3 is 2.17 bits per heavy atom. The van der Waals surface area contributed by atoms with Crippen LogP contribution in [0.25, 0.3) is 0 Å². The van der Waals surface area contributed by atoms with Gasteiger partial charge in [0.15, 0.2) is 18.1 Å². The highest BCUT2D eigenvalue weighted by Gasteiger charge is 2.15. The molecule has 0 atom stereocenters. The molecule has 2 aromatic rings. The number of benzene rings is 2. The van der Waals surface area contributed by atoms with Crippen LogP contribution in [0, 0.1) is 6.92 Å². The number of hydrogen-bond acceptors (Lipinski definition) is 5. The van der Waals surface area contributed by atoms with Crippen molar-refractivity contribution in [2.75, 3.05) is 26.1 Å². The SMILES string of the molecule is COc1cc(C=O)cc(OC)c1OCC(=O)Nc1ccc(C)cc1. The van der Waals surface area contributed by atoms with Crippen molar-refractivity contribution in [3.63, 3.8) is 0 Å². The van der Waals surface area contributed by atoms with Crippen molar-refractivity contribution >= 4 is 17.9 Å². The van der Waals surface area contributed by atoms with Crippen LogP contribution in [0.15, 0.2) is 36.4 Å². The normalized spacial score (nSPS) is 9.96. The monoisotopic (exact) mass is 329 g/mol. The van der Waals surface area contributed by atoms with Gasteiger partial charge in [-0.25, -0.2) is 0 Å². The van der Waals surface area contributed by atoms with E-state index >= 15 is 0 Å². The Bertz CT molecular complexity index is 700. The largest absolute Gasteiger partial charge is 0.493 e. The quantitative estimate of drug-likeness (QED) is 0.791. The van der Waals surface area contributed by atoms with E-state index < -0.39 is 0 Å². The molecule has 0 bridgehead atoms.